The summed E-state index contributed by atoms with van der Waals surface area (Å²) in [4.78, 5) is 37.8. The van der Waals surface area contributed by atoms with E-state index in [1.54, 1.807) is 7.05 Å². The Morgan fingerprint density at radius 3 is 2.22 bits per heavy atom. The van der Waals surface area contributed by atoms with Crippen molar-refractivity contribution >= 4 is 23.6 Å². The summed E-state index contributed by atoms with van der Waals surface area (Å²) < 4.78 is 44.8. The van der Waals surface area contributed by atoms with Gasteiger partial charge >= 0.3 is 12.1 Å². The highest BCUT2D eigenvalue weighted by molar-refractivity contribution is 5.99. The minimum absolute atomic E-state index is 0.151. The van der Waals surface area contributed by atoms with Crippen molar-refractivity contribution in [3.05, 3.63) is 41.1 Å². The van der Waals surface area contributed by atoms with E-state index in [4.69, 9.17) is 14.9 Å². The van der Waals surface area contributed by atoms with E-state index >= 15 is 0 Å². The fourth-order valence-electron chi connectivity index (χ4n) is 2.93. The number of fused-ring (bicyclic) bond motifs is 1. The van der Waals surface area contributed by atoms with Gasteiger partial charge in [-0.3, -0.25) is 4.79 Å². The largest absolute Gasteiger partial charge is 0.490 e. The van der Waals surface area contributed by atoms with Gasteiger partial charge in [0.25, 0.3) is 5.91 Å². The molecule has 0 saturated carbocycles. The van der Waals surface area contributed by atoms with Gasteiger partial charge in [0.1, 0.15) is 5.82 Å². The lowest BCUT2D eigenvalue weighted by Crippen LogP contribution is -2.27. The lowest BCUT2D eigenvalue weighted by atomic mass is 10.0. The lowest BCUT2D eigenvalue weighted by molar-refractivity contribution is -0.192. The van der Waals surface area contributed by atoms with Crippen LogP contribution < -0.4 is 15.1 Å². The molecule has 2 aromatic heterocycles. The second kappa shape index (κ2) is 10.2. The van der Waals surface area contributed by atoms with Crippen molar-refractivity contribution in [1.29, 1.82) is 0 Å². The first kappa shape index (κ1) is 24.8. The van der Waals surface area contributed by atoms with Gasteiger partial charge in [-0.2, -0.15) is 13.2 Å². The number of pyridine rings is 1. The molecule has 0 atom stereocenters. The molecule has 0 unspecified atom stereocenters. The average Bonchev–Trinajstić information content (AvgIpc) is 2.94. The van der Waals surface area contributed by atoms with Gasteiger partial charge in [0.15, 0.2) is 5.82 Å². The quantitative estimate of drug-likeness (QED) is 0.669. The molecule has 32 heavy (non-hydrogen) atoms. The number of amides is 1. The zero-order chi connectivity index (χ0) is 24.1. The second-order valence-corrected chi connectivity index (χ2v) is 6.93. The maximum Gasteiger partial charge on any atom is 0.490 e. The lowest BCUT2D eigenvalue weighted by Gasteiger charge is -2.19. The average molecular weight is 458 g/mol. The first-order chi connectivity index (χ1) is 14.9. The Bertz CT molecular complexity index is 967. The van der Waals surface area contributed by atoms with E-state index in [2.05, 4.69) is 15.3 Å². The summed E-state index contributed by atoms with van der Waals surface area (Å²) in [6.45, 7) is 1.38. The number of nitrogens with zero attached hydrogens (tertiary/aromatic N) is 5. The number of rotatable bonds is 3. The number of carbonyl (C=O) groups is 2. The molecule has 0 saturated heterocycles. The summed E-state index contributed by atoms with van der Waals surface area (Å²) in [5.41, 5.74) is 2.59. The fraction of sp³-hybridized carbons (Fsp3) is 0.421. The molecule has 3 heterocycles. The first-order valence-electron chi connectivity index (χ1n) is 9.38. The topological polar surface area (TPSA) is 112 Å². The molecule has 1 aliphatic rings. The normalized spacial score (nSPS) is 13.3. The highest BCUT2D eigenvalue weighted by Crippen LogP contribution is 2.24. The SMILES string of the molecule is CNC(=O)c1cc2c(nc1N(C)C)CCN(c1ncc(F)cn1)CC2.O=C(O)C(F)(F)F. The predicted octanol–water partition coefficient (Wildman–Crippen LogP) is 1.67. The van der Waals surface area contributed by atoms with Crippen LogP contribution in [-0.2, 0) is 17.6 Å². The number of carboxylic acid groups (broad SMARTS) is 1. The highest BCUT2D eigenvalue weighted by Gasteiger charge is 2.38. The molecule has 0 aliphatic carbocycles. The van der Waals surface area contributed by atoms with E-state index in [0.29, 0.717) is 36.8 Å². The summed E-state index contributed by atoms with van der Waals surface area (Å²) in [5, 5.41) is 9.79. The molecule has 0 spiro atoms. The number of alkyl halides is 3. The molecule has 174 valence electrons. The van der Waals surface area contributed by atoms with Gasteiger partial charge in [0.05, 0.1) is 18.0 Å². The zero-order valence-corrected chi connectivity index (χ0v) is 17.6. The number of aliphatic carboxylic acids is 1. The molecule has 0 radical (unpaired) electrons. The monoisotopic (exact) mass is 458 g/mol. The van der Waals surface area contributed by atoms with E-state index in [0.717, 1.165) is 17.7 Å². The molecule has 0 fully saturated rings. The van der Waals surface area contributed by atoms with Crippen LogP contribution in [0, 0.1) is 5.82 Å². The molecular weight excluding hydrogens is 436 g/mol. The third kappa shape index (κ3) is 6.25. The van der Waals surface area contributed by atoms with E-state index in [9.17, 15) is 22.4 Å². The van der Waals surface area contributed by atoms with E-state index in [-0.39, 0.29) is 5.91 Å². The number of nitrogens with one attached hydrogen (secondary N) is 1. The molecule has 0 aromatic carbocycles. The molecular formula is C19H22F4N6O3. The molecule has 2 aromatic rings. The Hall–Kier alpha value is -3.51. The number of carboxylic acids is 1. The summed E-state index contributed by atoms with van der Waals surface area (Å²) >= 11 is 0. The van der Waals surface area contributed by atoms with Crippen LogP contribution in [0.5, 0.6) is 0 Å². The van der Waals surface area contributed by atoms with Crippen LogP contribution in [0.4, 0.5) is 29.3 Å². The van der Waals surface area contributed by atoms with Crippen LogP contribution in [0.3, 0.4) is 0 Å². The minimum Gasteiger partial charge on any atom is -0.475 e. The van der Waals surface area contributed by atoms with E-state index in [1.807, 2.05) is 30.0 Å². The van der Waals surface area contributed by atoms with Crippen molar-refractivity contribution < 1.29 is 32.3 Å². The van der Waals surface area contributed by atoms with Gasteiger partial charge in [-0.1, -0.05) is 0 Å². The predicted molar refractivity (Wildman–Crippen MR) is 107 cm³/mol. The highest BCUT2D eigenvalue weighted by atomic mass is 19.4. The molecule has 1 amide bonds. The molecule has 1 aliphatic heterocycles. The van der Waals surface area contributed by atoms with Crippen molar-refractivity contribution in [3.8, 4) is 0 Å². The standard InChI is InChI=1S/C17H21FN6O.C2HF3O2/c1-19-16(25)13-8-11-4-6-24(17-20-9-12(18)10-21-17)7-5-14(11)22-15(13)23(2)3;3-2(4,5)1(6)7/h8-10H,4-7H2,1-3H3,(H,19,25);(H,6,7). The van der Waals surface area contributed by atoms with Crippen molar-refractivity contribution in [2.45, 2.75) is 19.0 Å². The van der Waals surface area contributed by atoms with Gasteiger partial charge in [-0.05, 0) is 18.1 Å². The van der Waals surface area contributed by atoms with Gasteiger partial charge < -0.3 is 20.2 Å². The third-order valence-electron chi connectivity index (χ3n) is 4.47. The van der Waals surface area contributed by atoms with E-state index in [1.165, 1.54) is 12.4 Å². The van der Waals surface area contributed by atoms with Crippen LogP contribution >= 0.6 is 0 Å². The maximum atomic E-state index is 13.0. The number of hydrogen-bond donors (Lipinski definition) is 2. The number of halogens is 4. The van der Waals surface area contributed by atoms with Gasteiger partial charge in [-0.25, -0.2) is 24.1 Å². The van der Waals surface area contributed by atoms with Crippen LogP contribution in [0.2, 0.25) is 0 Å². The maximum absolute atomic E-state index is 13.0. The number of anilines is 2. The van der Waals surface area contributed by atoms with Crippen LogP contribution in [0.25, 0.3) is 0 Å². The molecule has 0 bridgehead atoms. The third-order valence-corrected chi connectivity index (χ3v) is 4.47. The Kier molecular flexibility index (Phi) is 7.89. The molecule has 13 heteroatoms. The van der Waals surface area contributed by atoms with Gasteiger partial charge in [0, 0.05) is 46.3 Å². The Morgan fingerprint density at radius 1 is 1.16 bits per heavy atom. The summed E-state index contributed by atoms with van der Waals surface area (Å²) in [6.07, 6.45) is -1.30. The molecule has 3 rings (SSSR count). The number of carbonyl (C=O) groups excluding carboxylic acids is 1. The van der Waals surface area contributed by atoms with Crippen LogP contribution in [-0.4, -0.2) is 72.3 Å². The molecule has 9 nitrogen and oxygen atoms in total. The van der Waals surface area contributed by atoms with Gasteiger partial charge in [0.2, 0.25) is 5.95 Å². The van der Waals surface area contributed by atoms with Crippen LogP contribution in [0.1, 0.15) is 21.6 Å². The van der Waals surface area contributed by atoms with Crippen LogP contribution in [0.15, 0.2) is 18.5 Å². The summed E-state index contributed by atoms with van der Waals surface area (Å²) in [5.74, 6) is -2.19. The first-order valence-corrected chi connectivity index (χ1v) is 9.38. The van der Waals surface area contributed by atoms with Crippen molar-refractivity contribution in [2.24, 2.45) is 0 Å². The Balaban J connectivity index is 0.000000451. The zero-order valence-electron chi connectivity index (χ0n) is 17.6. The van der Waals surface area contributed by atoms with Gasteiger partial charge in [-0.15, -0.1) is 0 Å². The summed E-state index contributed by atoms with van der Waals surface area (Å²) in [6, 6.07) is 1.92. The number of aromatic nitrogens is 3. The fourth-order valence-corrected chi connectivity index (χ4v) is 2.93. The molecule has 2 N–H and O–H groups in total. The van der Waals surface area contributed by atoms with Crippen molar-refractivity contribution in [1.82, 2.24) is 20.3 Å². The van der Waals surface area contributed by atoms with Crippen molar-refractivity contribution in [3.63, 3.8) is 0 Å². The Labute approximate surface area is 181 Å². The second-order valence-electron chi connectivity index (χ2n) is 6.93. The Morgan fingerprint density at radius 2 is 1.72 bits per heavy atom. The van der Waals surface area contributed by atoms with Crippen molar-refractivity contribution in [2.75, 3.05) is 44.0 Å². The number of hydrogen-bond acceptors (Lipinski definition) is 7. The smallest absolute Gasteiger partial charge is 0.475 e. The van der Waals surface area contributed by atoms with E-state index < -0.39 is 18.0 Å². The summed E-state index contributed by atoms with van der Waals surface area (Å²) in [7, 11) is 5.36. The minimum atomic E-state index is -5.08.